The van der Waals surface area contributed by atoms with E-state index in [-0.39, 0.29) is 0 Å². The van der Waals surface area contributed by atoms with E-state index >= 15 is 0 Å². The van der Waals surface area contributed by atoms with Gasteiger partial charge in [-0.15, -0.1) is 11.3 Å². The van der Waals surface area contributed by atoms with Crippen molar-refractivity contribution in [2.75, 3.05) is 7.05 Å². The first-order valence-corrected chi connectivity index (χ1v) is 6.43. The Balaban J connectivity index is 2.14. The van der Waals surface area contributed by atoms with Crippen molar-refractivity contribution in [3.8, 4) is 0 Å². The third-order valence-corrected chi connectivity index (χ3v) is 4.46. The number of hydrogen-bond donors (Lipinski definition) is 1. The molecule has 2 unspecified atom stereocenters. The molecule has 0 aliphatic heterocycles. The van der Waals surface area contributed by atoms with E-state index in [1.807, 2.05) is 6.07 Å². The molecule has 1 aliphatic rings. The van der Waals surface area contributed by atoms with Gasteiger partial charge in [-0.1, -0.05) is 24.4 Å². The molecular formula is C11H16ClNS. The lowest BCUT2D eigenvalue weighted by atomic mass is 9.83. The highest BCUT2D eigenvalue weighted by atomic mass is 35.5. The van der Waals surface area contributed by atoms with Gasteiger partial charge < -0.3 is 5.32 Å². The summed E-state index contributed by atoms with van der Waals surface area (Å²) in [6, 6.07) is 4.86. The van der Waals surface area contributed by atoms with Crippen LogP contribution in [0.15, 0.2) is 12.1 Å². The van der Waals surface area contributed by atoms with Gasteiger partial charge in [0, 0.05) is 16.8 Å². The Morgan fingerprint density at radius 2 is 2.14 bits per heavy atom. The monoisotopic (exact) mass is 229 g/mol. The highest BCUT2D eigenvalue weighted by Gasteiger charge is 2.26. The van der Waals surface area contributed by atoms with Crippen LogP contribution in [0.5, 0.6) is 0 Å². The zero-order valence-electron chi connectivity index (χ0n) is 8.42. The second-order valence-electron chi connectivity index (χ2n) is 3.93. The number of rotatable bonds is 2. The number of hydrogen-bond acceptors (Lipinski definition) is 2. The number of halogens is 1. The first-order valence-electron chi connectivity index (χ1n) is 5.24. The number of thiophene rings is 1. The minimum absolute atomic E-state index is 0.651. The van der Waals surface area contributed by atoms with Gasteiger partial charge in [-0.3, -0.25) is 0 Å². The zero-order chi connectivity index (χ0) is 9.97. The maximum Gasteiger partial charge on any atom is 0.0931 e. The summed E-state index contributed by atoms with van der Waals surface area (Å²) in [4.78, 5) is 1.45. The fraction of sp³-hybridized carbons (Fsp3) is 0.636. The minimum atomic E-state index is 0.651. The molecule has 1 heterocycles. The largest absolute Gasteiger partial charge is 0.316 e. The molecule has 3 heteroatoms. The van der Waals surface area contributed by atoms with Gasteiger partial charge in [0.1, 0.15) is 0 Å². The van der Waals surface area contributed by atoms with E-state index in [9.17, 15) is 0 Å². The number of nitrogens with one attached hydrogen (secondary N) is 1. The molecule has 1 aromatic heterocycles. The highest BCUT2D eigenvalue weighted by Crippen LogP contribution is 2.37. The molecule has 1 aromatic rings. The average Bonchev–Trinajstić information content (AvgIpc) is 2.65. The molecule has 1 N–H and O–H groups in total. The Bertz CT molecular complexity index is 297. The third-order valence-electron chi connectivity index (χ3n) is 3.10. The van der Waals surface area contributed by atoms with Crippen LogP contribution in [-0.2, 0) is 0 Å². The fourth-order valence-corrected chi connectivity index (χ4v) is 3.61. The minimum Gasteiger partial charge on any atom is -0.316 e. The predicted molar refractivity (Wildman–Crippen MR) is 63.4 cm³/mol. The van der Waals surface area contributed by atoms with Crippen LogP contribution in [0.3, 0.4) is 0 Å². The predicted octanol–water partition coefficient (Wildman–Crippen LogP) is 3.65. The van der Waals surface area contributed by atoms with Crippen LogP contribution in [0.4, 0.5) is 0 Å². The van der Waals surface area contributed by atoms with Gasteiger partial charge >= 0.3 is 0 Å². The van der Waals surface area contributed by atoms with E-state index in [4.69, 9.17) is 11.6 Å². The maximum atomic E-state index is 5.97. The molecule has 78 valence electrons. The standard InChI is InChI=1S/C11H16ClNS/c1-13-9-5-3-2-4-8(9)10-6-7-11(12)14-10/h6-9,13H,2-5H2,1H3. The van der Waals surface area contributed by atoms with E-state index < -0.39 is 0 Å². The second kappa shape index (κ2) is 4.65. The molecule has 0 spiro atoms. The molecule has 1 fully saturated rings. The van der Waals surface area contributed by atoms with Crippen LogP contribution in [0.1, 0.15) is 36.5 Å². The zero-order valence-corrected chi connectivity index (χ0v) is 10.00. The van der Waals surface area contributed by atoms with E-state index in [0.29, 0.717) is 12.0 Å². The summed E-state index contributed by atoms with van der Waals surface area (Å²) in [5, 5.41) is 3.43. The van der Waals surface area contributed by atoms with Gasteiger partial charge in [-0.05, 0) is 32.0 Å². The molecule has 1 saturated carbocycles. The molecule has 0 aromatic carbocycles. The molecule has 0 bridgehead atoms. The summed E-state index contributed by atoms with van der Waals surface area (Å²) in [7, 11) is 2.07. The van der Waals surface area contributed by atoms with Crippen molar-refractivity contribution in [1.82, 2.24) is 5.32 Å². The van der Waals surface area contributed by atoms with Gasteiger partial charge in [0.25, 0.3) is 0 Å². The molecular weight excluding hydrogens is 214 g/mol. The Morgan fingerprint density at radius 1 is 1.36 bits per heavy atom. The van der Waals surface area contributed by atoms with Crippen molar-refractivity contribution in [2.45, 2.75) is 37.6 Å². The van der Waals surface area contributed by atoms with Gasteiger partial charge in [-0.2, -0.15) is 0 Å². The Morgan fingerprint density at radius 3 is 2.79 bits per heavy atom. The maximum absolute atomic E-state index is 5.97. The van der Waals surface area contributed by atoms with Gasteiger partial charge in [0.2, 0.25) is 0 Å². The lowest BCUT2D eigenvalue weighted by molar-refractivity contribution is 0.347. The molecule has 14 heavy (non-hydrogen) atoms. The topological polar surface area (TPSA) is 12.0 Å². The Hall–Kier alpha value is -0.0500. The smallest absolute Gasteiger partial charge is 0.0931 e. The molecule has 0 amide bonds. The Labute approximate surface area is 94.5 Å². The summed E-state index contributed by atoms with van der Waals surface area (Å²) in [5.74, 6) is 0.686. The third kappa shape index (κ3) is 2.13. The summed E-state index contributed by atoms with van der Waals surface area (Å²) in [5.41, 5.74) is 0. The van der Waals surface area contributed by atoms with E-state index in [0.717, 1.165) is 4.34 Å². The average molecular weight is 230 g/mol. The fourth-order valence-electron chi connectivity index (χ4n) is 2.34. The first-order chi connectivity index (χ1) is 6.81. The SMILES string of the molecule is CNC1CCCCC1c1ccc(Cl)s1. The van der Waals surface area contributed by atoms with Crippen LogP contribution in [0, 0.1) is 0 Å². The quantitative estimate of drug-likeness (QED) is 0.817. The molecule has 2 atom stereocenters. The normalized spacial score (nSPS) is 27.9. The van der Waals surface area contributed by atoms with E-state index in [2.05, 4.69) is 18.4 Å². The molecule has 1 aliphatic carbocycles. The Kier molecular flexibility index (Phi) is 3.47. The lowest BCUT2D eigenvalue weighted by Gasteiger charge is -2.30. The number of likely N-dealkylation sites (N-methyl/N-ethyl adjacent to an activating group) is 1. The van der Waals surface area contributed by atoms with Gasteiger partial charge in [-0.25, -0.2) is 0 Å². The van der Waals surface area contributed by atoms with Crippen molar-refractivity contribution in [2.24, 2.45) is 0 Å². The van der Waals surface area contributed by atoms with Crippen molar-refractivity contribution in [3.05, 3.63) is 21.3 Å². The summed E-state index contributed by atoms with van der Waals surface area (Å²) in [6.45, 7) is 0. The molecule has 2 rings (SSSR count). The summed E-state index contributed by atoms with van der Waals surface area (Å²) < 4.78 is 0.917. The summed E-state index contributed by atoms with van der Waals surface area (Å²) >= 11 is 7.71. The summed E-state index contributed by atoms with van der Waals surface area (Å²) in [6.07, 6.45) is 5.33. The van der Waals surface area contributed by atoms with Crippen molar-refractivity contribution in [1.29, 1.82) is 0 Å². The highest BCUT2D eigenvalue weighted by molar-refractivity contribution is 7.16. The molecule has 1 nitrogen and oxygen atoms in total. The molecule has 0 radical (unpaired) electrons. The lowest BCUT2D eigenvalue weighted by Crippen LogP contribution is -2.34. The second-order valence-corrected chi connectivity index (χ2v) is 5.67. The van der Waals surface area contributed by atoms with Crippen LogP contribution < -0.4 is 5.32 Å². The van der Waals surface area contributed by atoms with Crippen molar-refractivity contribution < 1.29 is 0 Å². The van der Waals surface area contributed by atoms with Crippen LogP contribution in [-0.4, -0.2) is 13.1 Å². The van der Waals surface area contributed by atoms with Crippen LogP contribution in [0.2, 0.25) is 4.34 Å². The van der Waals surface area contributed by atoms with E-state index in [1.165, 1.54) is 30.6 Å². The first kappa shape index (κ1) is 10.5. The molecule has 0 saturated heterocycles. The van der Waals surface area contributed by atoms with Crippen molar-refractivity contribution in [3.63, 3.8) is 0 Å². The van der Waals surface area contributed by atoms with Crippen LogP contribution >= 0.6 is 22.9 Å². The van der Waals surface area contributed by atoms with Crippen LogP contribution in [0.25, 0.3) is 0 Å². The van der Waals surface area contributed by atoms with E-state index in [1.54, 1.807) is 11.3 Å². The van der Waals surface area contributed by atoms with Crippen molar-refractivity contribution >= 4 is 22.9 Å². The van der Waals surface area contributed by atoms with Gasteiger partial charge in [0.15, 0.2) is 0 Å². The van der Waals surface area contributed by atoms with Gasteiger partial charge in [0.05, 0.1) is 4.34 Å².